The second-order valence-corrected chi connectivity index (χ2v) is 2.60. The van der Waals surface area contributed by atoms with Gasteiger partial charge >= 0.3 is 0 Å². The summed E-state index contributed by atoms with van der Waals surface area (Å²) in [5.41, 5.74) is 0. The van der Waals surface area contributed by atoms with Crippen molar-refractivity contribution in [2.45, 2.75) is 34.6 Å². The summed E-state index contributed by atoms with van der Waals surface area (Å²) in [5.74, 6) is 0.271. The van der Waals surface area contributed by atoms with Crippen LogP contribution in [0.3, 0.4) is 0 Å². The van der Waals surface area contributed by atoms with Crippen LogP contribution in [-0.4, -0.2) is 26.5 Å². The molecule has 108 valence electrons. The Labute approximate surface area is 114 Å². The molecule has 0 bridgehead atoms. The van der Waals surface area contributed by atoms with E-state index in [1.807, 2.05) is 27.7 Å². The van der Waals surface area contributed by atoms with Crippen LogP contribution >= 0.6 is 0 Å². The minimum Gasteiger partial charge on any atom is -0.397 e. The molecule has 0 radical (unpaired) electrons. The molecule has 0 unspecified atom stereocenters. The largest absolute Gasteiger partial charge is 0.397 e. The summed E-state index contributed by atoms with van der Waals surface area (Å²) in [6.45, 7) is 9.93. The van der Waals surface area contributed by atoms with Crippen molar-refractivity contribution in [3.8, 4) is 5.82 Å². The SMILES string of the molecule is CC.CC.CCO.Fc1ccc(-n2cccn2)nc1. The summed E-state index contributed by atoms with van der Waals surface area (Å²) in [6.07, 6.45) is 4.56. The molecule has 0 saturated carbocycles. The number of hydrogen-bond donors (Lipinski definition) is 1. The molecule has 5 heteroatoms. The van der Waals surface area contributed by atoms with Gasteiger partial charge in [0, 0.05) is 19.0 Å². The van der Waals surface area contributed by atoms with Gasteiger partial charge in [-0.2, -0.15) is 5.10 Å². The average Bonchev–Trinajstić information content (AvgIpc) is 2.99. The zero-order chi connectivity index (χ0) is 15.1. The zero-order valence-electron chi connectivity index (χ0n) is 12.3. The normalized spacial score (nSPS) is 7.95. The molecule has 0 amide bonds. The van der Waals surface area contributed by atoms with Gasteiger partial charge in [0.2, 0.25) is 0 Å². The highest BCUT2D eigenvalue weighted by atomic mass is 19.1. The lowest BCUT2D eigenvalue weighted by Crippen LogP contribution is -1.96. The molecule has 2 rings (SSSR count). The third-order valence-corrected chi connectivity index (χ3v) is 1.45. The Balaban J connectivity index is 0. The van der Waals surface area contributed by atoms with E-state index >= 15 is 0 Å². The molecule has 19 heavy (non-hydrogen) atoms. The first-order chi connectivity index (χ1) is 9.27. The van der Waals surface area contributed by atoms with Crippen molar-refractivity contribution in [1.82, 2.24) is 14.8 Å². The molecule has 2 heterocycles. The number of aromatic nitrogens is 3. The molecule has 0 aliphatic rings. The molecular weight excluding hydrogens is 245 g/mol. The number of hydrogen-bond acceptors (Lipinski definition) is 3. The van der Waals surface area contributed by atoms with E-state index in [4.69, 9.17) is 5.11 Å². The molecule has 1 N–H and O–H groups in total. The van der Waals surface area contributed by atoms with E-state index in [9.17, 15) is 4.39 Å². The van der Waals surface area contributed by atoms with Gasteiger partial charge in [0.15, 0.2) is 5.82 Å². The van der Waals surface area contributed by atoms with E-state index in [2.05, 4.69) is 10.1 Å². The maximum Gasteiger partial charge on any atom is 0.153 e. The number of aliphatic hydroxyl groups is 1. The van der Waals surface area contributed by atoms with Crippen LogP contribution in [-0.2, 0) is 0 Å². The second kappa shape index (κ2) is 14.3. The van der Waals surface area contributed by atoms with E-state index in [0.29, 0.717) is 5.82 Å². The van der Waals surface area contributed by atoms with Crippen molar-refractivity contribution in [1.29, 1.82) is 0 Å². The first kappa shape index (κ1) is 19.6. The van der Waals surface area contributed by atoms with Gasteiger partial charge in [0.1, 0.15) is 5.82 Å². The van der Waals surface area contributed by atoms with Crippen molar-refractivity contribution >= 4 is 0 Å². The molecule has 0 aliphatic carbocycles. The van der Waals surface area contributed by atoms with E-state index in [1.165, 1.54) is 6.07 Å². The van der Waals surface area contributed by atoms with E-state index < -0.39 is 0 Å². The number of halogens is 1. The quantitative estimate of drug-likeness (QED) is 0.862. The fraction of sp³-hybridized carbons (Fsp3) is 0.429. The smallest absolute Gasteiger partial charge is 0.153 e. The van der Waals surface area contributed by atoms with E-state index in [-0.39, 0.29) is 12.4 Å². The fourth-order valence-corrected chi connectivity index (χ4v) is 0.908. The monoisotopic (exact) mass is 269 g/mol. The van der Waals surface area contributed by atoms with Crippen LogP contribution in [0.1, 0.15) is 34.6 Å². The van der Waals surface area contributed by atoms with Crippen molar-refractivity contribution in [3.63, 3.8) is 0 Å². The molecule has 0 aliphatic heterocycles. The van der Waals surface area contributed by atoms with Crippen LogP contribution in [0.5, 0.6) is 0 Å². The Morgan fingerprint density at radius 1 is 1.21 bits per heavy atom. The number of aliphatic hydroxyl groups excluding tert-OH is 1. The Kier molecular flexibility index (Phi) is 14.8. The van der Waals surface area contributed by atoms with Gasteiger partial charge in [-0.15, -0.1) is 0 Å². The molecule has 0 aromatic carbocycles. The van der Waals surface area contributed by atoms with E-state index in [1.54, 1.807) is 36.1 Å². The van der Waals surface area contributed by atoms with Gasteiger partial charge in [-0.25, -0.2) is 14.1 Å². The summed E-state index contributed by atoms with van der Waals surface area (Å²) in [4.78, 5) is 3.85. The minimum atomic E-state index is -0.342. The highest BCUT2D eigenvalue weighted by Crippen LogP contribution is 2.02. The third kappa shape index (κ3) is 8.90. The van der Waals surface area contributed by atoms with Gasteiger partial charge in [-0.3, -0.25) is 0 Å². The highest BCUT2D eigenvalue weighted by molar-refractivity contribution is 5.20. The van der Waals surface area contributed by atoms with Gasteiger partial charge in [0.25, 0.3) is 0 Å². The average molecular weight is 269 g/mol. The summed E-state index contributed by atoms with van der Waals surface area (Å²) >= 11 is 0. The Morgan fingerprint density at radius 2 is 1.79 bits per heavy atom. The number of rotatable bonds is 1. The molecular formula is C14H24FN3O. The summed E-state index contributed by atoms with van der Waals surface area (Å²) < 4.78 is 14.0. The van der Waals surface area contributed by atoms with Gasteiger partial charge in [-0.1, -0.05) is 27.7 Å². The first-order valence-corrected chi connectivity index (χ1v) is 6.50. The molecule has 0 fully saturated rings. The molecule has 0 atom stereocenters. The molecule has 4 nitrogen and oxygen atoms in total. The first-order valence-electron chi connectivity index (χ1n) is 6.50. The number of pyridine rings is 1. The molecule has 0 saturated heterocycles. The van der Waals surface area contributed by atoms with Crippen molar-refractivity contribution in [2.75, 3.05) is 6.61 Å². The second-order valence-electron chi connectivity index (χ2n) is 2.60. The van der Waals surface area contributed by atoms with Gasteiger partial charge < -0.3 is 5.11 Å². The molecule has 0 spiro atoms. The molecule has 2 aromatic heterocycles. The van der Waals surface area contributed by atoms with Crippen LogP contribution in [0, 0.1) is 5.82 Å². The summed E-state index contributed by atoms with van der Waals surface area (Å²) in [6, 6.07) is 4.71. The summed E-state index contributed by atoms with van der Waals surface area (Å²) in [5, 5.41) is 11.5. The zero-order valence-corrected chi connectivity index (χ0v) is 12.3. The maximum absolute atomic E-state index is 12.4. The Morgan fingerprint density at radius 3 is 2.16 bits per heavy atom. The maximum atomic E-state index is 12.4. The van der Waals surface area contributed by atoms with Crippen LogP contribution in [0.15, 0.2) is 36.8 Å². The lowest BCUT2D eigenvalue weighted by molar-refractivity contribution is 0.318. The lowest BCUT2D eigenvalue weighted by Gasteiger charge is -1.97. The lowest BCUT2D eigenvalue weighted by atomic mass is 10.4. The highest BCUT2D eigenvalue weighted by Gasteiger charge is 1.96. The van der Waals surface area contributed by atoms with Gasteiger partial charge in [0.05, 0.1) is 6.20 Å². The molecule has 2 aromatic rings. The van der Waals surface area contributed by atoms with Crippen molar-refractivity contribution < 1.29 is 9.50 Å². The third-order valence-electron chi connectivity index (χ3n) is 1.45. The fourth-order valence-electron chi connectivity index (χ4n) is 0.908. The van der Waals surface area contributed by atoms with Crippen LogP contribution in [0.2, 0.25) is 0 Å². The minimum absolute atomic E-state index is 0.250. The van der Waals surface area contributed by atoms with Crippen molar-refractivity contribution in [3.05, 3.63) is 42.6 Å². The van der Waals surface area contributed by atoms with Crippen LogP contribution in [0.4, 0.5) is 4.39 Å². The standard InChI is InChI=1S/C8H6FN3.C2H6O.2C2H6/c9-7-2-3-8(10-6-7)12-5-1-4-11-12;1-2-3;2*1-2/h1-6H;3H,2H2,1H3;2*1-2H3. The van der Waals surface area contributed by atoms with E-state index in [0.717, 1.165) is 6.20 Å². The topological polar surface area (TPSA) is 50.9 Å². The Bertz CT molecular complexity index is 374. The van der Waals surface area contributed by atoms with Crippen LogP contribution in [0.25, 0.3) is 5.82 Å². The van der Waals surface area contributed by atoms with Crippen molar-refractivity contribution in [2.24, 2.45) is 0 Å². The number of nitrogens with zero attached hydrogens (tertiary/aromatic N) is 3. The van der Waals surface area contributed by atoms with Gasteiger partial charge in [-0.05, 0) is 25.1 Å². The predicted molar refractivity (Wildman–Crippen MR) is 76.8 cm³/mol. The van der Waals surface area contributed by atoms with Crippen LogP contribution < -0.4 is 0 Å². The Hall–Kier alpha value is -1.75. The summed E-state index contributed by atoms with van der Waals surface area (Å²) in [7, 11) is 0. The predicted octanol–water partition coefficient (Wildman–Crippen LogP) is 3.46.